The largest absolute Gasteiger partial charge is 0.494 e. The normalized spacial score (nSPS) is 14.8. The number of carbonyl (C=O) groups is 2. The maximum absolute atomic E-state index is 13.4. The number of nitrogens with zero attached hydrogens (tertiary/aromatic N) is 3. The second-order valence-corrected chi connectivity index (χ2v) is 9.77. The van der Waals surface area contributed by atoms with Crippen molar-refractivity contribution in [3.63, 3.8) is 0 Å². The van der Waals surface area contributed by atoms with Crippen LogP contribution in [0.1, 0.15) is 56.7 Å². The highest BCUT2D eigenvalue weighted by atomic mass is 35.5. The van der Waals surface area contributed by atoms with Gasteiger partial charge in [0.2, 0.25) is 5.91 Å². The summed E-state index contributed by atoms with van der Waals surface area (Å²) in [6.07, 6.45) is 4.50. The van der Waals surface area contributed by atoms with Crippen molar-refractivity contribution in [2.75, 3.05) is 13.2 Å². The van der Waals surface area contributed by atoms with Crippen molar-refractivity contribution >= 4 is 40.1 Å². The van der Waals surface area contributed by atoms with Crippen molar-refractivity contribution < 1.29 is 23.5 Å². The second-order valence-electron chi connectivity index (χ2n) is 9.41. The zero-order valence-electron chi connectivity index (χ0n) is 22.4. The quantitative estimate of drug-likeness (QED) is 0.154. The molecule has 0 fully saturated rings. The third kappa shape index (κ3) is 6.02. The first-order valence-electron chi connectivity index (χ1n) is 13.4. The fourth-order valence-corrected chi connectivity index (χ4v) is 5.07. The third-order valence-electron chi connectivity index (χ3n) is 6.76. The summed E-state index contributed by atoms with van der Waals surface area (Å²) in [5.74, 6) is 0.209. The van der Waals surface area contributed by atoms with Crippen LogP contribution in [0.25, 0.3) is 22.0 Å². The fourth-order valence-electron chi connectivity index (χ4n) is 4.80. The number of furan rings is 1. The topological polar surface area (TPSA) is 94.2 Å². The maximum Gasteiger partial charge on any atom is 0.305 e. The lowest BCUT2D eigenvalue weighted by atomic mass is 9.97. The molecule has 40 heavy (non-hydrogen) atoms. The number of benzene rings is 2. The smallest absolute Gasteiger partial charge is 0.305 e. The van der Waals surface area contributed by atoms with Gasteiger partial charge >= 0.3 is 5.97 Å². The molecule has 1 atom stereocenters. The number of pyridine rings is 1. The molecule has 0 saturated heterocycles. The summed E-state index contributed by atoms with van der Waals surface area (Å²) in [6, 6.07) is 17.1. The number of ether oxygens (including phenoxy) is 2. The molecule has 9 heteroatoms. The number of hydrogen-bond donors (Lipinski definition) is 0. The van der Waals surface area contributed by atoms with Gasteiger partial charge in [0, 0.05) is 41.8 Å². The van der Waals surface area contributed by atoms with Gasteiger partial charge in [-0.15, -0.1) is 0 Å². The van der Waals surface area contributed by atoms with Crippen LogP contribution in [0, 0.1) is 0 Å². The van der Waals surface area contributed by atoms with Gasteiger partial charge in [-0.3, -0.25) is 9.59 Å². The molecule has 0 bridgehead atoms. The number of esters is 1. The van der Waals surface area contributed by atoms with Gasteiger partial charge in [0.15, 0.2) is 0 Å². The van der Waals surface area contributed by atoms with E-state index in [0.29, 0.717) is 42.3 Å². The van der Waals surface area contributed by atoms with Crippen LogP contribution in [0.3, 0.4) is 0 Å². The van der Waals surface area contributed by atoms with Gasteiger partial charge in [-0.05, 0) is 55.7 Å². The third-order valence-corrected chi connectivity index (χ3v) is 7.06. The van der Waals surface area contributed by atoms with E-state index in [0.717, 1.165) is 33.5 Å². The molecule has 1 aliphatic rings. The number of fused-ring (bicyclic) bond motifs is 1. The van der Waals surface area contributed by atoms with E-state index < -0.39 is 6.04 Å². The predicted octanol–water partition coefficient (Wildman–Crippen LogP) is 6.96. The van der Waals surface area contributed by atoms with Crippen molar-refractivity contribution in [1.29, 1.82) is 0 Å². The highest BCUT2D eigenvalue weighted by Gasteiger charge is 2.34. The molecule has 2 aromatic heterocycles. The van der Waals surface area contributed by atoms with Gasteiger partial charge in [-0.25, -0.2) is 9.99 Å². The van der Waals surface area contributed by atoms with Gasteiger partial charge in [0.05, 0.1) is 43.0 Å². The first-order chi connectivity index (χ1) is 19.5. The molecule has 2 aromatic carbocycles. The van der Waals surface area contributed by atoms with E-state index in [1.54, 1.807) is 19.5 Å². The van der Waals surface area contributed by atoms with E-state index in [9.17, 15) is 9.59 Å². The first kappa shape index (κ1) is 27.4. The molecular formula is C31H30ClN3O5. The molecule has 3 heterocycles. The van der Waals surface area contributed by atoms with E-state index in [4.69, 9.17) is 30.6 Å². The number of amides is 1. The van der Waals surface area contributed by atoms with Crippen LogP contribution in [-0.4, -0.2) is 40.8 Å². The average molecular weight is 560 g/mol. The molecule has 1 unspecified atom stereocenters. The lowest BCUT2D eigenvalue weighted by Crippen LogP contribution is -2.27. The van der Waals surface area contributed by atoms with Gasteiger partial charge in [0.1, 0.15) is 10.9 Å². The van der Waals surface area contributed by atoms with Crippen molar-refractivity contribution in [2.24, 2.45) is 5.10 Å². The monoisotopic (exact) mass is 559 g/mol. The number of aromatic nitrogens is 1. The molecule has 5 rings (SSSR count). The van der Waals surface area contributed by atoms with E-state index in [1.165, 1.54) is 5.01 Å². The highest BCUT2D eigenvalue weighted by molar-refractivity contribution is 6.30. The predicted molar refractivity (Wildman–Crippen MR) is 153 cm³/mol. The lowest BCUT2D eigenvalue weighted by Gasteiger charge is -2.23. The Morgan fingerprint density at radius 1 is 1.00 bits per heavy atom. The van der Waals surface area contributed by atoms with Crippen LogP contribution in [0.5, 0.6) is 5.75 Å². The summed E-state index contributed by atoms with van der Waals surface area (Å²) < 4.78 is 15.8. The van der Waals surface area contributed by atoms with Gasteiger partial charge in [-0.1, -0.05) is 35.9 Å². The Morgan fingerprint density at radius 2 is 1.80 bits per heavy atom. The number of hydrazone groups is 1. The van der Waals surface area contributed by atoms with Crippen LogP contribution in [-0.2, 0) is 14.3 Å². The number of carbonyl (C=O) groups excluding carboxylic acids is 2. The van der Waals surface area contributed by atoms with E-state index >= 15 is 0 Å². The maximum atomic E-state index is 13.4. The second kappa shape index (κ2) is 12.3. The Bertz CT molecular complexity index is 1530. The molecule has 1 amide bonds. The molecular weight excluding hydrogens is 530 g/mol. The minimum absolute atomic E-state index is 0.155. The number of halogens is 1. The van der Waals surface area contributed by atoms with Gasteiger partial charge < -0.3 is 13.9 Å². The van der Waals surface area contributed by atoms with Crippen LogP contribution < -0.4 is 4.74 Å². The zero-order chi connectivity index (χ0) is 28.1. The minimum Gasteiger partial charge on any atom is -0.494 e. The average Bonchev–Trinajstić information content (AvgIpc) is 3.64. The fraction of sp³-hybridized carbons (Fsp3) is 0.290. The highest BCUT2D eigenvalue weighted by Crippen LogP contribution is 2.38. The molecule has 8 nitrogen and oxygen atoms in total. The standard InChI is InChI=1S/C31H30ClN3O5/c1-3-39-24-13-12-22-16-25(31(32)33-26(22)17-24)28-18-27(21-10-8-20(9-11-21)23-14-15-38-19-23)34-35(28)29(36)6-5-7-30(37)40-4-2/h8-17,19,28H,3-7,18H2,1-2H3. The summed E-state index contributed by atoms with van der Waals surface area (Å²) >= 11 is 6.72. The summed E-state index contributed by atoms with van der Waals surface area (Å²) in [5.41, 5.74) is 5.10. The molecule has 0 N–H and O–H groups in total. The summed E-state index contributed by atoms with van der Waals surface area (Å²) in [5, 5.41) is 7.45. The van der Waals surface area contributed by atoms with Crippen molar-refractivity contribution in [1.82, 2.24) is 9.99 Å². The molecule has 0 radical (unpaired) electrons. The van der Waals surface area contributed by atoms with Crippen molar-refractivity contribution in [2.45, 2.75) is 45.6 Å². The van der Waals surface area contributed by atoms with E-state index in [2.05, 4.69) is 4.98 Å². The van der Waals surface area contributed by atoms with Crippen LogP contribution >= 0.6 is 11.6 Å². The zero-order valence-corrected chi connectivity index (χ0v) is 23.2. The molecule has 4 aromatic rings. The molecule has 206 valence electrons. The Hall–Kier alpha value is -4.17. The summed E-state index contributed by atoms with van der Waals surface area (Å²) in [4.78, 5) is 29.8. The Balaban J connectivity index is 1.44. The SMILES string of the molecule is CCOC(=O)CCCC(=O)N1N=C(c2ccc(-c3ccoc3)cc2)CC1c1cc2ccc(OCC)cc2nc1Cl. The minimum atomic E-state index is -0.436. The van der Waals surface area contributed by atoms with Crippen LogP contribution in [0.15, 0.2) is 76.6 Å². The lowest BCUT2D eigenvalue weighted by molar-refractivity contribution is -0.143. The molecule has 1 aliphatic heterocycles. The summed E-state index contributed by atoms with van der Waals surface area (Å²) in [6.45, 7) is 4.55. The van der Waals surface area contributed by atoms with Crippen molar-refractivity contribution in [3.8, 4) is 16.9 Å². The van der Waals surface area contributed by atoms with Crippen LogP contribution in [0.4, 0.5) is 0 Å². The van der Waals surface area contributed by atoms with Gasteiger partial charge in [0.25, 0.3) is 0 Å². The molecule has 0 spiro atoms. The molecule has 0 aliphatic carbocycles. The van der Waals surface area contributed by atoms with Gasteiger partial charge in [-0.2, -0.15) is 5.10 Å². The Kier molecular flexibility index (Phi) is 8.45. The molecule has 0 saturated carbocycles. The van der Waals surface area contributed by atoms with Crippen LogP contribution in [0.2, 0.25) is 5.15 Å². The Morgan fingerprint density at radius 3 is 2.52 bits per heavy atom. The number of rotatable bonds is 10. The van der Waals surface area contributed by atoms with E-state index in [-0.39, 0.29) is 24.7 Å². The number of hydrogen-bond acceptors (Lipinski definition) is 7. The summed E-state index contributed by atoms with van der Waals surface area (Å²) in [7, 11) is 0. The van der Waals surface area contributed by atoms with Crippen molar-refractivity contribution in [3.05, 3.63) is 83.4 Å². The Labute approximate surface area is 237 Å². The first-order valence-corrected chi connectivity index (χ1v) is 13.8. The van der Waals surface area contributed by atoms with E-state index in [1.807, 2.05) is 61.5 Å².